The first-order chi connectivity index (χ1) is 10.7. The second kappa shape index (κ2) is 5.14. The molecule has 4 heteroatoms. The quantitative estimate of drug-likeness (QED) is 0.509. The van der Waals surface area contributed by atoms with Gasteiger partial charge in [0.15, 0.2) is 0 Å². The van der Waals surface area contributed by atoms with Gasteiger partial charge < -0.3 is 4.57 Å². The SMILES string of the molecule is Cn1c(-c2cccc(Br)c2)cn2cc(-c3ccccc3)nc12. The molecule has 0 saturated heterocycles. The molecular weight excluding hydrogens is 338 g/mol. The topological polar surface area (TPSA) is 22.2 Å². The Morgan fingerprint density at radius 3 is 2.41 bits per heavy atom. The van der Waals surface area contributed by atoms with Crippen molar-refractivity contribution in [3.8, 4) is 22.5 Å². The number of halogens is 1. The van der Waals surface area contributed by atoms with Gasteiger partial charge >= 0.3 is 0 Å². The van der Waals surface area contributed by atoms with Gasteiger partial charge in [-0.05, 0) is 12.1 Å². The fourth-order valence-electron chi connectivity index (χ4n) is 2.72. The van der Waals surface area contributed by atoms with Crippen LogP contribution in [0.15, 0.2) is 71.5 Å². The normalized spacial score (nSPS) is 11.2. The zero-order valence-electron chi connectivity index (χ0n) is 12.1. The highest BCUT2D eigenvalue weighted by molar-refractivity contribution is 9.10. The molecule has 0 atom stereocenters. The molecule has 2 aromatic heterocycles. The van der Waals surface area contributed by atoms with Crippen molar-refractivity contribution in [1.29, 1.82) is 0 Å². The zero-order chi connectivity index (χ0) is 15.1. The Bertz CT molecular complexity index is 951. The van der Waals surface area contributed by atoms with E-state index in [0.29, 0.717) is 0 Å². The highest BCUT2D eigenvalue weighted by Crippen LogP contribution is 2.26. The Morgan fingerprint density at radius 2 is 1.68 bits per heavy atom. The van der Waals surface area contributed by atoms with Crippen LogP contribution in [0.2, 0.25) is 0 Å². The highest BCUT2D eigenvalue weighted by Gasteiger charge is 2.12. The monoisotopic (exact) mass is 351 g/mol. The number of hydrogen-bond donors (Lipinski definition) is 0. The molecule has 0 aliphatic rings. The largest absolute Gasteiger partial charge is 0.313 e. The van der Waals surface area contributed by atoms with E-state index in [1.165, 1.54) is 5.56 Å². The van der Waals surface area contributed by atoms with E-state index in [4.69, 9.17) is 4.98 Å². The maximum atomic E-state index is 4.77. The van der Waals surface area contributed by atoms with Crippen LogP contribution in [0, 0.1) is 0 Å². The van der Waals surface area contributed by atoms with E-state index in [1.54, 1.807) is 0 Å². The van der Waals surface area contributed by atoms with Crippen LogP contribution in [0.25, 0.3) is 28.3 Å². The summed E-state index contributed by atoms with van der Waals surface area (Å²) in [4.78, 5) is 4.77. The van der Waals surface area contributed by atoms with Crippen molar-refractivity contribution in [2.45, 2.75) is 0 Å². The first kappa shape index (κ1) is 13.3. The van der Waals surface area contributed by atoms with E-state index in [1.807, 2.05) is 37.4 Å². The Labute approximate surface area is 137 Å². The summed E-state index contributed by atoms with van der Waals surface area (Å²) >= 11 is 3.53. The number of hydrogen-bond acceptors (Lipinski definition) is 1. The van der Waals surface area contributed by atoms with Crippen molar-refractivity contribution in [3.63, 3.8) is 0 Å². The molecule has 0 fully saturated rings. The van der Waals surface area contributed by atoms with Crippen molar-refractivity contribution < 1.29 is 0 Å². The summed E-state index contributed by atoms with van der Waals surface area (Å²) in [5.41, 5.74) is 4.44. The molecular formula is C18H14BrN3. The highest BCUT2D eigenvalue weighted by atomic mass is 79.9. The van der Waals surface area contributed by atoms with Crippen molar-refractivity contribution in [2.24, 2.45) is 7.05 Å². The molecule has 4 rings (SSSR count). The molecule has 0 saturated carbocycles. The van der Waals surface area contributed by atoms with Crippen molar-refractivity contribution in [2.75, 3.05) is 0 Å². The molecule has 0 amide bonds. The summed E-state index contributed by atoms with van der Waals surface area (Å²) in [5.74, 6) is 0.939. The van der Waals surface area contributed by atoms with E-state index >= 15 is 0 Å². The maximum Gasteiger partial charge on any atom is 0.214 e. The summed E-state index contributed by atoms with van der Waals surface area (Å²) in [7, 11) is 2.05. The molecule has 22 heavy (non-hydrogen) atoms. The molecule has 2 heterocycles. The second-order valence-electron chi connectivity index (χ2n) is 5.28. The summed E-state index contributed by atoms with van der Waals surface area (Å²) < 4.78 is 5.28. The molecule has 3 nitrogen and oxygen atoms in total. The van der Waals surface area contributed by atoms with Gasteiger partial charge in [-0.15, -0.1) is 0 Å². The Balaban J connectivity index is 1.84. The van der Waals surface area contributed by atoms with E-state index in [2.05, 4.69) is 61.6 Å². The fourth-order valence-corrected chi connectivity index (χ4v) is 3.12. The van der Waals surface area contributed by atoms with Gasteiger partial charge in [0, 0.05) is 35.0 Å². The lowest BCUT2D eigenvalue weighted by molar-refractivity contribution is 0.945. The third-order valence-corrected chi connectivity index (χ3v) is 4.32. The molecule has 2 aromatic carbocycles. The Kier molecular flexibility index (Phi) is 3.12. The predicted molar refractivity (Wildman–Crippen MR) is 92.7 cm³/mol. The van der Waals surface area contributed by atoms with Crippen LogP contribution in [-0.2, 0) is 7.05 Å². The lowest BCUT2D eigenvalue weighted by Gasteiger charge is -2.03. The third-order valence-electron chi connectivity index (χ3n) is 3.83. The third kappa shape index (κ3) is 2.16. The number of aromatic nitrogens is 3. The molecule has 0 aliphatic heterocycles. The molecule has 0 bridgehead atoms. The average molecular weight is 352 g/mol. The summed E-state index contributed by atoms with van der Waals surface area (Å²) in [6.07, 6.45) is 4.20. The van der Waals surface area contributed by atoms with Gasteiger partial charge in [-0.3, -0.25) is 4.40 Å². The molecule has 0 spiro atoms. The van der Waals surface area contributed by atoms with Crippen LogP contribution in [0.5, 0.6) is 0 Å². The van der Waals surface area contributed by atoms with Crippen LogP contribution >= 0.6 is 15.9 Å². The van der Waals surface area contributed by atoms with Gasteiger partial charge in [0.05, 0.1) is 11.4 Å². The van der Waals surface area contributed by atoms with E-state index in [9.17, 15) is 0 Å². The van der Waals surface area contributed by atoms with Crippen LogP contribution in [-0.4, -0.2) is 14.0 Å². The number of fused-ring (bicyclic) bond motifs is 1. The molecule has 108 valence electrons. The molecule has 0 unspecified atom stereocenters. The van der Waals surface area contributed by atoms with Crippen molar-refractivity contribution >= 4 is 21.7 Å². The first-order valence-electron chi connectivity index (χ1n) is 7.08. The van der Waals surface area contributed by atoms with Crippen molar-refractivity contribution in [1.82, 2.24) is 14.0 Å². The second-order valence-corrected chi connectivity index (χ2v) is 6.20. The van der Waals surface area contributed by atoms with Gasteiger partial charge in [-0.25, -0.2) is 4.98 Å². The van der Waals surface area contributed by atoms with E-state index in [0.717, 1.165) is 27.2 Å². The van der Waals surface area contributed by atoms with E-state index in [-0.39, 0.29) is 0 Å². The van der Waals surface area contributed by atoms with Crippen LogP contribution in [0.4, 0.5) is 0 Å². The minimum atomic E-state index is 0.939. The lowest BCUT2D eigenvalue weighted by Crippen LogP contribution is -1.92. The number of rotatable bonds is 2. The number of imidazole rings is 2. The van der Waals surface area contributed by atoms with Gasteiger partial charge in [0.25, 0.3) is 0 Å². The summed E-state index contributed by atoms with van der Waals surface area (Å²) in [6.45, 7) is 0. The minimum absolute atomic E-state index is 0.939. The average Bonchev–Trinajstić information content (AvgIpc) is 3.08. The number of aryl methyl sites for hydroxylation is 1. The predicted octanol–water partition coefficient (Wildman–Crippen LogP) is 4.77. The van der Waals surface area contributed by atoms with Gasteiger partial charge in [-0.2, -0.15) is 0 Å². The Morgan fingerprint density at radius 1 is 0.909 bits per heavy atom. The van der Waals surface area contributed by atoms with E-state index < -0.39 is 0 Å². The first-order valence-corrected chi connectivity index (χ1v) is 7.87. The fraction of sp³-hybridized carbons (Fsp3) is 0.0556. The smallest absolute Gasteiger partial charge is 0.214 e. The van der Waals surface area contributed by atoms with Crippen LogP contribution in [0.1, 0.15) is 0 Å². The van der Waals surface area contributed by atoms with Gasteiger partial charge in [-0.1, -0.05) is 58.4 Å². The van der Waals surface area contributed by atoms with Crippen LogP contribution < -0.4 is 0 Å². The van der Waals surface area contributed by atoms with Gasteiger partial charge in [0.1, 0.15) is 0 Å². The summed E-state index contributed by atoms with van der Waals surface area (Å²) in [5, 5.41) is 0. The minimum Gasteiger partial charge on any atom is -0.313 e. The van der Waals surface area contributed by atoms with Crippen molar-refractivity contribution in [3.05, 3.63) is 71.5 Å². The Hall–Kier alpha value is -2.33. The lowest BCUT2D eigenvalue weighted by atomic mass is 10.1. The number of benzene rings is 2. The summed E-state index contributed by atoms with van der Waals surface area (Å²) in [6, 6.07) is 18.6. The standard InChI is InChI=1S/C18H14BrN3/c1-21-17(14-8-5-9-15(19)10-14)12-22-11-16(20-18(21)22)13-6-3-2-4-7-13/h2-12H,1H3. The molecule has 0 N–H and O–H groups in total. The zero-order valence-corrected chi connectivity index (χ0v) is 13.7. The molecule has 0 radical (unpaired) electrons. The molecule has 4 aromatic rings. The molecule has 0 aliphatic carbocycles. The number of nitrogens with zero attached hydrogens (tertiary/aromatic N) is 3. The van der Waals surface area contributed by atoms with Gasteiger partial charge in [0.2, 0.25) is 5.78 Å². The van der Waals surface area contributed by atoms with Crippen LogP contribution in [0.3, 0.4) is 0 Å². The maximum absolute atomic E-state index is 4.77.